The van der Waals surface area contributed by atoms with E-state index in [1.54, 1.807) is 11.3 Å². The lowest BCUT2D eigenvalue weighted by atomic mass is 10.2. The number of hydrogen-bond donors (Lipinski definition) is 2. The van der Waals surface area contributed by atoms with Crippen LogP contribution in [0.4, 0.5) is 11.6 Å². The zero-order chi connectivity index (χ0) is 14.7. The lowest BCUT2D eigenvalue weighted by Gasteiger charge is -2.16. The molecule has 1 unspecified atom stereocenters. The maximum absolute atomic E-state index is 4.59. The second kappa shape index (κ2) is 6.17. The number of rotatable bonds is 5. The van der Waals surface area contributed by atoms with Crippen LogP contribution in [0.2, 0.25) is 0 Å². The van der Waals surface area contributed by atoms with Gasteiger partial charge in [0.1, 0.15) is 22.5 Å². The van der Waals surface area contributed by atoms with Crippen molar-refractivity contribution in [1.82, 2.24) is 15.0 Å². The van der Waals surface area contributed by atoms with Gasteiger partial charge in [0.25, 0.3) is 0 Å². The molecule has 0 spiro atoms. The van der Waals surface area contributed by atoms with Gasteiger partial charge in [-0.25, -0.2) is 15.0 Å². The van der Waals surface area contributed by atoms with Crippen molar-refractivity contribution in [1.29, 1.82) is 0 Å². The molecule has 0 saturated heterocycles. The van der Waals surface area contributed by atoms with Crippen LogP contribution in [0.1, 0.15) is 41.2 Å². The molecular weight excluding hydrogens is 270 g/mol. The number of anilines is 2. The summed E-state index contributed by atoms with van der Waals surface area (Å²) >= 11 is 1.71. The van der Waals surface area contributed by atoms with Crippen LogP contribution in [0.3, 0.4) is 0 Å². The predicted octanol–water partition coefficient (Wildman–Crippen LogP) is 3.33. The van der Waals surface area contributed by atoms with Crippen LogP contribution >= 0.6 is 11.3 Å². The van der Waals surface area contributed by atoms with Gasteiger partial charge in [-0.15, -0.1) is 11.3 Å². The Bertz CT molecular complexity index is 593. The molecule has 0 aromatic carbocycles. The van der Waals surface area contributed by atoms with Gasteiger partial charge in [-0.1, -0.05) is 6.92 Å². The SMILES string of the molecule is CCc1nc(NC)c(C)c(NC(C)c2ncc(C)s2)n1. The summed E-state index contributed by atoms with van der Waals surface area (Å²) in [5, 5.41) is 7.64. The van der Waals surface area contributed by atoms with Gasteiger partial charge in [0, 0.05) is 30.1 Å². The molecule has 1 atom stereocenters. The summed E-state index contributed by atoms with van der Waals surface area (Å²) in [6.45, 7) is 8.25. The van der Waals surface area contributed by atoms with E-state index < -0.39 is 0 Å². The van der Waals surface area contributed by atoms with Crippen molar-refractivity contribution >= 4 is 23.0 Å². The van der Waals surface area contributed by atoms with Crippen LogP contribution in [0.25, 0.3) is 0 Å². The Morgan fingerprint density at radius 2 is 1.95 bits per heavy atom. The van der Waals surface area contributed by atoms with Crippen LogP contribution in [0.15, 0.2) is 6.20 Å². The van der Waals surface area contributed by atoms with Gasteiger partial charge in [0.2, 0.25) is 0 Å². The summed E-state index contributed by atoms with van der Waals surface area (Å²) in [5.41, 5.74) is 1.03. The highest BCUT2D eigenvalue weighted by atomic mass is 32.1. The number of nitrogens with one attached hydrogen (secondary N) is 2. The summed E-state index contributed by atoms with van der Waals surface area (Å²) < 4.78 is 0. The molecule has 108 valence electrons. The zero-order valence-electron chi connectivity index (χ0n) is 12.6. The van der Waals surface area contributed by atoms with Gasteiger partial charge in [0.15, 0.2) is 0 Å². The smallest absolute Gasteiger partial charge is 0.135 e. The van der Waals surface area contributed by atoms with E-state index in [2.05, 4.69) is 46.4 Å². The molecule has 0 radical (unpaired) electrons. The molecule has 5 nitrogen and oxygen atoms in total. The number of aryl methyl sites for hydroxylation is 2. The Hall–Kier alpha value is -1.69. The lowest BCUT2D eigenvalue weighted by Crippen LogP contribution is -2.12. The molecule has 0 amide bonds. The van der Waals surface area contributed by atoms with E-state index in [4.69, 9.17) is 0 Å². The molecular formula is C14H21N5S. The first-order chi connectivity index (χ1) is 9.55. The number of hydrogen-bond acceptors (Lipinski definition) is 6. The molecule has 2 heterocycles. The molecule has 0 fully saturated rings. The van der Waals surface area contributed by atoms with Gasteiger partial charge < -0.3 is 10.6 Å². The van der Waals surface area contributed by atoms with Crippen molar-refractivity contribution in [2.45, 2.75) is 40.2 Å². The van der Waals surface area contributed by atoms with Crippen LogP contribution in [-0.2, 0) is 6.42 Å². The molecule has 0 aliphatic carbocycles. The van der Waals surface area contributed by atoms with Crippen LogP contribution in [0.5, 0.6) is 0 Å². The van der Waals surface area contributed by atoms with Crippen molar-refractivity contribution < 1.29 is 0 Å². The largest absolute Gasteiger partial charge is 0.373 e. The minimum atomic E-state index is 0.136. The first kappa shape index (κ1) is 14.7. The molecule has 6 heteroatoms. The average Bonchev–Trinajstić information content (AvgIpc) is 2.87. The van der Waals surface area contributed by atoms with E-state index in [9.17, 15) is 0 Å². The lowest BCUT2D eigenvalue weighted by molar-refractivity contribution is 0.842. The monoisotopic (exact) mass is 291 g/mol. The zero-order valence-corrected chi connectivity index (χ0v) is 13.4. The van der Waals surface area contributed by atoms with E-state index in [-0.39, 0.29) is 6.04 Å². The number of aromatic nitrogens is 3. The van der Waals surface area contributed by atoms with E-state index in [1.165, 1.54) is 4.88 Å². The summed E-state index contributed by atoms with van der Waals surface area (Å²) in [6, 6.07) is 0.136. The van der Waals surface area contributed by atoms with Gasteiger partial charge in [-0.05, 0) is 20.8 Å². The van der Waals surface area contributed by atoms with E-state index >= 15 is 0 Å². The minimum absolute atomic E-state index is 0.136. The third kappa shape index (κ3) is 3.07. The Morgan fingerprint density at radius 3 is 2.50 bits per heavy atom. The van der Waals surface area contributed by atoms with Crippen molar-refractivity contribution in [2.24, 2.45) is 0 Å². The third-order valence-corrected chi connectivity index (χ3v) is 4.20. The van der Waals surface area contributed by atoms with Gasteiger partial charge in [-0.2, -0.15) is 0 Å². The molecule has 0 aliphatic rings. The van der Waals surface area contributed by atoms with E-state index in [0.29, 0.717) is 0 Å². The standard InChI is InChI=1S/C14H21N5S/c1-6-11-18-12(15-5)9(3)13(19-11)17-10(4)14-16-7-8(2)20-14/h7,10H,6H2,1-5H3,(H2,15,17,18,19). The molecule has 0 saturated carbocycles. The van der Waals surface area contributed by atoms with Crippen molar-refractivity contribution in [2.75, 3.05) is 17.7 Å². The summed E-state index contributed by atoms with van der Waals surface area (Å²) in [6.07, 6.45) is 2.72. The highest BCUT2D eigenvalue weighted by Crippen LogP contribution is 2.26. The second-order valence-corrected chi connectivity index (χ2v) is 6.01. The molecule has 2 aromatic heterocycles. The number of nitrogens with zero attached hydrogens (tertiary/aromatic N) is 3. The van der Waals surface area contributed by atoms with Gasteiger partial charge in [-0.3, -0.25) is 0 Å². The third-order valence-electron chi connectivity index (χ3n) is 3.11. The highest BCUT2D eigenvalue weighted by Gasteiger charge is 2.14. The summed E-state index contributed by atoms with van der Waals surface area (Å²) in [4.78, 5) is 14.7. The first-order valence-corrected chi connectivity index (χ1v) is 7.61. The predicted molar refractivity (Wildman–Crippen MR) is 84.6 cm³/mol. The van der Waals surface area contributed by atoms with Crippen molar-refractivity contribution in [3.63, 3.8) is 0 Å². The van der Waals surface area contributed by atoms with Crippen LogP contribution < -0.4 is 10.6 Å². The molecule has 2 N–H and O–H groups in total. The van der Waals surface area contributed by atoms with E-state index in [1.807, 2.05) is 20.2 Å². The molecule has 0 aliphatic heterocycles. The van der Waals surface area contributed by atoms with E-state index in [0.717, 1.165) is 34.5 Å². The van der Waals surface area contributed by atoms with Crippen molar-refractivity contribution in [3.05, 3.63) is 27.5 Å². The Balaban J connectivity index is 2.28. The molecule has 20 heavy (non-hydrogen) atoms. The summed E-state index contributed by atoms with van der Waals surface area (Å²) in [7, 11) is 1.88. The van der Waals surface area contributed by atoms with Crippen molar-refractivity contribution in [3.8, 4) is 0 Å². The topological polar surface area (TPSA) is 62.7 Å². The highest BCUT2D eigenvalue weighted by molar-refractivity contribution is 7.11. The molecule has 2 aromatic rings. The molecule has 0 bridgehead atoms. The number of thiazole rings is 1. The van der Waals surface area contributed by atoms with Gasteiger partial charge in [0.05, 0.1) is 6.04 Å². The normalized spacial score (nSPS) is 12.2. The minimum Gasteiger partial charge on any atom is -0.373 e. The Labute approximate surface area is 123 Å². The average molecular weight is 291 g/mol. The fourth-order valence-electron chi connectivity index (χ4n) is 1.94. The fraction of sp³-hybridized carbons (Fsp3) is 0.500. The second-order valence-electron chi connectivity index (χ2n) is 4.74. The molecule has 2 rings (SSSR count). The maximum Gasteiger partial charge on any atom is 0.135 e. The first-order valence-electron chi connectivity index (χ1n) is 6.79. The van der Waals surface area contributed by atoms with Crippen LogP contribution in [-0.4, -0.2) is 22.0 Å². The quantitative estimate of drug-likeness (QED) is 0.884. The fourth-order valence-corrected chi connectivity index (χ4v) is 2.72. The Morgan fingerprint density at radius 1 is 1.25 bits per heavy atom. The summed E-state index contributed by atoms with van der Waals surface area (Å²) in [5.74, 6) is 2.59. The van der Waals surface area contributed by atoms with Gasteiger partial charge >= 0.3 is 0 Å². The van der Waals surface area contributed by atoms with Crippen LogP contribution in [0, 0.1) is 13.8 Å². The maximum atomic E-state index is 4.59. The Kier molecular flexibility index (Phi) is 4.54.